The predicted molar refractivity (Wildman–Crippen MR) is 106 cm³/mol. The van der Waals surface area contributed by atoms with Gasteiger partial charge in [0.15, 0.2) is 5.16 Å². The molecule has 0 spiro atoms. The second-order valence-electron chi connectivity index (χ2n) is 7.12. The Bertz CT molecular complexity index is 775. The number of nitrogens with one attached hydrogen (secondary N) is 1. The van der Waals surface area contributed by atoms with E-state index in [1.807, 2.05) is 63.5 Å². The zero-order valence-corrected chi connectivity index (χ0v) is 17.0. The molecular formula is C19H28N4O2S. The molecule has 0 bridgehead atoms. The minimum absolute atomic E-state index is 0.0717. The monoisotopic (exact) mass is 376 g/mol. The normalized spacial score (nSPS) is 11.6. The van der Waals surface area contributed by atoms with E-state index >= 15 is 0 Å². The highest BCUT2D eigenvalue weighted by Gasteiger charge is 2.19. The van der Waals surface area contributed by atoms with Gasteiger partial charge in [-0.25, -0.2) is 4.98 Å². The van der Waals surface area contributed by atoms with Crippen molar-refractivity contribution in [2.45, 2.75) is 51.9 Å². The third-order valence-electron chi connectivity index (χ3n) is 3.88. The average molecular weight is 377 g/mol. The molecule has 2 aromatic rings. The van der Waals surface area contributed by atoms with Crippen LogP contribution in [0.25, 0.3) is 11.0 Å². The lowest BCUT2D eigenvalue weighted by Gasteiger charge is -2.21. The number of hydrogen-bond donors (Lipinski definition) is 1. The van der Waals surface area contributed by atoms with Crippen LogP contribution < -0.4 is 5.32 Å². The highest BCUT2D eigenvalue weighted by molar-refractivity contribution is 7.99. The Balaban J connectivity index is 2.23. The Kier molecular flexibility index (Phi) is 6.69. The predicted octanol–water partition coefficient (Wildman–Crippen LogP) is 2.91. The number of para-hydroxylation sites is 2. The first-order chi connectivity index (χ1) is 12.2. The van der Waals surface area contributed by atoms with E-state index in [0.29, 0.717) is 24.0 Å². The van der Waals surface area contributed by atoms with Gasteiger partial charge in [-0.2, -0.15) is 0 Å². The van der Waals surface area contributed by atoms with Crippen LogP contribution in [-0.2, 0) is 16.1 Å². The number of nitrogens with zero attached hydrogens (tertiary/aromatic N) is 3. The first kappa shape index (κ1) is 20.3. The van der Waals surface area contributed by atoms with Crippen LogP contribution in [0.1, 0.15) is 34.6 Å². The van der Waals surface area contributed by atoms with Crippen molar-refractivity contribution in [2.24, 2.45) is 0 Å². The standard InChI is InChI=1S/C19H28N4O2S/c1-6-22(7-2)17(25)13-26-18-20-14-10-8-9-11-15(14)23(18)12-16(24)21-19(3,4)5/h8-11H,6-7,12-13H2,1-5H3,(H,21,24). The van der Waals surface area contributed by atoms with Crippen LogP contribution in [0.4, 0.5) is 0 Å². The van der Waals surface area contributed by atoms with E-state index < -0.39 is 0 Å². The zero-order valence-electron chi connectivity index (χ0n) is 16.2. The van der Waals surface area contributed by atoms with E-state index in [9.17, 15) is 9.59 Å². The summed E-state index contributed by atoms with van der Waals surface area (Å²) in [6.45, 7) is 11.4. The van der Waals surface area contributed by atoms with E-state index in [-0.39, 0.29) is 23.9 Å². The maximum Gasteiger partial charge on any atom is 0.240 e. The fourth-order valence-corrected chi connectivity index (χ4v) is 3.63. The topological polar surface area (TPSA) is 67.2 Å². The quantitative estimate of drug-likeness (QED) is 0.755. The Morgan fingerprint density at radius 3 is 2.46 bits per heavy atom. The highest BCUT2D eigenvalue weighted by atomic mass is 32.2. The third-order valence-corrected chi connectivity index (χ3v) is 4.84. The van der Waals surface area contributed by atoms with Gasteiger partial charge in [-0.05, 0) is 46.8 Å². The smallest absolute Gasteiger partial charge is 0.240 e. The van der Waals surface area contributed by atoms with Gasteiger partial charge in [-0.3, -0.25) is 9.59 Å². The summed E-state index contributed by atoms with van der Waals surface area (Å²) in [4.78, 5) is 31.1. The molecule has 142 valence electrons. The molecule has 0 aliphatic carbocycles. The molecule has 0 aliphatic heterocycles. The second kappa shape index (κ2) is 8.58. The molecule has 2 rings (SSSR count). The van der Waals surface area contributed by atoms with Gasteiger partial charge in [0.2, 0.25) is 11.8 Å². The number of imidazole rings is 1. The van der Waals surface area contributed by atoms with Gasteiger partial charge in [-0.15, -0.1) is 0 Å². The van der Waals surface area contributed by atoms with Gasteiger partial charge in [0.1, 0.15) is 6.54 Å². The summed E-state index contributed by atoms with van der Waals surface area (Å²) in [7, 11) is 0. The lowest BCUT2D eigenvalue weighted by molar-refractivity contribution is -0.128. The molecular weight excluding hydrogens is 348 g/mol. The molecule has 0 saturated heterocycles. The number of fused-ring (bicyclic) bond motifs is 1. The number of thioether (sulfide) groups is 1. The number of rotatable bonds is 7. The highest BCUT2D eigenvalue weighted by Crippen LogP contribution is 2.24. The van der Waals surface area contributed by atoms with Gasteiger partial charge >= 0.3 is 0 Å². The van der Waals surface area contributed by atoms with Gasteiger partial charge in [0, 0.05) is 18.6 Å². The molecule has 0 fully saturated rings. The molecule has 0 saturated carbocycles. The van der Waals surface area contributed by atoms with Crippen molar-refractivity contribution in [3.05, 3.63) is 24.3 Å². The molecule has 2 amide bonds. The van der Waals surface area contributed by atoms with Crippen LogP contribution >= 0.6 is 11.8 Å². The second-order valence-corrected chi connectivity index (χ2v) is 8.06. The Labute approximate surface area is 159 Å². The molecule has 0 atom stereocenters. The molecule has 1 aromatic carbocycles. The van der Waals surface area contributed by atoms with Gasteiger partial charge < -0.3 is 14.8 Å². The van der Waals surface area contributed by atoms with Crippen molar-refractivity contribution < 1.29 is 9.59 Å². The van der Waals surface area contributed by atoms with Crippen LogP contribution in [0.2, 0.25) is 0 Å². The van der Waals surface area contributed by atoms with Gasteiger partial charge in [0.05, 0.1) is 16.8 Å². The maximum absolute atomic E-state index is 12.4. The lowest BCUT2D eigenvalue weighted by atomic mass is 10.1. The number of benzene rings is 1. The first-order valence-electron chi connectivity index (χ1n) is 8.92. The summed E-state index contributed by atoms with van der Waals surface area (Å²) < 4.78 is 1.89. The fourth-order valence-electron chi connectivity index (χ4n) is 2.71. The molecule has 26 heavy (non-hydrogen) atoms. The summed E-state index contributed by atoms with van der Waals surface area (Å²) in [6, 6.07) is 7.72. The number of carbonyl (C=O) groups excluding carboxylic acids is 2. The fraction of sp³-hybridized carbons (Fsp3) is 0.526. The lowest BCUT2D eigenvalue weighted by Crippen LogP contribution is -2.42. The molecule has 0 radical (unpaired) electrons. The summed E-state index contributed by atoms with van der Waals surface area (Å²) in [5.74, 6) is 0.321. The van der Waals surface area contributed by atoms with E-state index in [1.54, 1.807) is 4.90 Å². The van der Waals surface area contributed by atoms with E-state index in [1.165, 1.54) is 11.8 Å². The largest absolute Gasteiger partial charge is 0.350 e. The Morgan fingerprint density at radius 2 is 1.85 bits per heavy atom. The minimum atomic E-state index is -0.292. The molecule has 7 heteroatoms. The molecule has 6 nitrogen and oxygen atoms in total. The third kappa shape index (κ3) is 5.24. The molecule has 0 aliphatic rings. The molecule has 1 aromatic heterocycles. The summed E-state index contributed by atoms with van der Waals surface area (Å²) in [5, 5.41) is 3.67. The minimum Gasteiger partial charge on any atom is -0.350 e. The van der Waals surface area contributed by atoms with E-state index in [0.717, 1.165) is 11.0 Å². The van der Waals surface area contributed by atoms with E-state index in [2.05, 4.69) is 10.3 Å². The number of aromatic nitrogens is 2. The van der Waals surface area contributed by atoms with Crippen molar-refractivity contribution in [2.75, 3.05) is 18.8 Å². The van der Waals surface area contributed by atoms with Gasteiger partial charge in [-0.1, -0.05) is 23.9 Å². The van der Waals surface area contributed by atoms with Crippen molar-refractivity contribution in [3.63, 3.8) is 0 Å². The molecule has 1 heterocycles. The summed E-state index contributed by atoms with van der Waals surface area (Å²) >= 11 is 1.38. The number of amides is 2. The number of carbonyl (C=O) groups is 2. The van der Waals surface area contributed by atoms with Crippen molar-refractivity contribution in [1.29, 1.82) is 0 Å². The number of hydrogen-bond acceptors (Lipinski definition) is 4. The van der Waals surface area contributed by atoms with Crippen LogP contribution in [0.5, 0.6) is 0 Å². The van der Waals surface area contributed by atoms with Crippen molar-refractivity contribution >= 4 is 34.6 Å². The molecule has 0 unspecified atom stereocenters. The van der Waals surface area contributed by atoms with E-state index in [4.69, 9.17) is 0 Å². The first-order valence-corrected chi connectivity index (χ1v) is 9.90. The SMILES string of the molecule is CCN(CC)C(=O)CSc1nc2ccccc2n1CC(=O)NC(C)(C)C. The van der Waals surface area contributed by atoms with Crippen molar-refractivity contribution in [1.82, 2.24) is 19.8 Å². The summed E-state index contributed by atoms with van der Waals surface area (Å²) in [5.41, 5.74) is 1.43. The summed E-state index contributed by atoms with van der Waals surface area (Å²) in [6.07, 6.45) is 0. The molecule has 1 N–H and O–H groups in total. The maximum atomic E-state index is 12.4. The van der Waals surface area contributed by atoms with Crippen LogP contribution in [0.3, 0.4) is 0 Å². The Morgan fingerprint density at radius 1 is 1.19 bits per heavy atom. The zero-order chi connectivity index (χ0) is 19.3. The van der Waals surface area contributed by atoms with Crippen molar-refractivity contribution in [3.8, 4) is 0 Å². The average Bonchev–Trinajstić information content (AvgIpc) is 2.90. The van der Waals surface area contributed by atoms with Crippen LogP contribution in [0.15, 0.2) is 29.4 Å². The van der Waals surface area contributed by atoms with Gasteiger partial charge in [0.25, 0.3) is 0 Å². The van der Waals surface area contributed by atoms with Crippen LogP contribution in [-0.4, -0.2) is 50.6 Å². The van der Waals surface area contributed by atoms with Crippen LogP contribution in [0, 0.1) is 0 Å². The Hall–Kier alpha value is -2.02.